The van der Waals surface area contributed by atoms with Crippen LogP contribution >= 0.6 is 0 Å². The Morgan fingerprint density at radius 1 is 1.40 bits per heavy atom. The molecule has 3 heteroatoms. The fourth-order valence-corrected chi connectivity index (χ4v) is 1.97. The number of likely N-dealkylation sites (N-methyl/N-ethyl adjacent to an activating group) is 1. The SMILES string of the molecule is CNC1Cc2ccc(C)c(C)c2NC1=O. The van der Waals surface area contributed by atoms with Crippen LogP contribution in [0.4, 0.5) is 5.69 Å². The molecule has 0 bridgehead atoms. The second-order valence-corrected chi connectivity index (χ2v) is 4.08. The van der Waals surface area contributed by atoms with Crippen molar-refractivity contribution in [2.24, 2.45) is 0 Å². The van der Waals surface area contributed by atoms with Crippen LogP contribution in [0.25, 0.3) is 0 Å². The van der Waals surface area contributed by atoms with Gasteiger partial charge in [-0.05, 0) is 44.0 Å². The smallest absolute Gasteiger partial charge is 0.241 e. The van der Waals surface area contributed by atoms with Crippen molar-refractivity contribution in [3.63, 3.8) is 0 Å². The molecule has 2 rings (SSSR count). The molecule has 1 aliphatic rings. The highest BCUT2D eigenvalue weighted by Crippen LogP contribution is 2.28. The van der Waals surface area contributed by atoms with Gasteiger partial charge in [-0.2, -0.15) is 0 Å². The molecule has 15 heavy (non-hydrogen) atoms. The maximum atomic E-state index is 11.7. The minimum atomic E-state index is -0.0976. The van der Waals surface area contributed by atoms with E-state index in [1.807, 2.05) is 14.0 Å². The minimum Gasteiger partial charge on any atom is -0.324 e. The van der Waals surface area contributed by atoms with E-state index in [1.54, 1.807) is 0 Å². The van der Waals surface area contributed by atoms with Crippen molar-refractivity contribution in [2.75, 3.05) is 12.4 Å². The standard InChI is InChI=1S/C12H16N2O/c1-7-4-5-9-6-10(13-3)12(15)14-11(9)8(7)2/h4-5,10,13H,6H2,1-3H3,(H,14,15). The third-order valence-corrected chi connectivity index (χ3v) is 3.16. The normalized spacial score (nSPS) is 19.7. The summed E-state index contributed by atoms with van der Waals surface area (Å²) in [6, 6.07) is 4.11. The first kappa shape index (κ1) is 10.2. The molecule has 1 heterocycles. The Morgan fingerprint density at radius 2 is 2.13 bits per heavy atom. The molecule has 1 atom stereocenters. The number of hydrogen-bond acceptors (Lipinski definition) is 2. The number of anilines is 1. The first-order valence-corrected chi connectivity index (χ1v) is 5.20. The Hall–Kier alpha value is -1.35. The van der Waals surface area contributed by atoms with Crippen LogP contribution in [-0.2, 0) is 11.2 Å². The van der Waals surface area contributed by atoms with Crippen molar-refractivity contribution in [3.8, 4) is 0 Å². The van der Waals surface area contributed by atoms with Crippen LogP contribution in [0.5, 0.6) is 0 Å². The number of benzene rings is 1. The maximum Gasteiger partial charge on any atom is 0.241 e. The van der Waals surface area contributed by atoms with Gasteiger partial charge in [0.2, 0.25) is 5.91 Å². The summed E-state index contributed by atoms with van der Waals surface area (Å²) in [5.41, 5.74) is 4.62. The van der Waals surface area contributed by atoms with Gasteiger partial charge in [0.05, 0.1) is 6.04 Å². The zero-order valence-electron chi connectivity index (χ0n) is 9.35. The predicted octanol–water partition coefficient (Wildman–Crippen LogP) is 1.39. The number of rotatable bonds is 1. The van der Waals surface area contributed by atoms with E-state index in [9.17, 15) is 4.79 Å². The Bertz CT molecular complexity index is 412. The van der Waals surface area contributed by atoms with Gasteiger partial charge in [0, 0.05) is 5.69 Å². The highest BCUT2D eigenvalue weighted by atomic mass is 16.2. The zero-order chi connectivity index (χ0) is 11.0. The maximum absolute atomic E-state index is 11.7. The van der Waals surface area contributed by atoms with E-state index in [0.717, 1.165) is 12.1 Å². The van der Waals surface area contributed by atoms with E-state index in [-0.39, 0.29) is 11.9 Å². The summed E-state index contributed by atoms with van der Waals surface area (Å²) in [6.07, 6.45) is 0.777. The van der Waals surface area contributed by atoms with Gasteiger partial charge in [0.25, 0.3) is 0 Å². The largest absolute Gasteiger partial charge is 0.324 e. The van der Waals surface area contributed by atoms with Gasteiger partial charge in [-0.1, -0.05) is 12.1 Å². The molecular formula is C12H16N2O. The molecule has 0 aliphatic carbocycles. The number of carbonyl (C=O) groups is 1. The van der Waals surface area contributed by atoms with Gasteiger partial charge in [-0.3, -0.25) is 4.79 Å². The first-order chi connectivity index (χ1) is 7.13. The predicted molar refractivity (Wildman–Crippen MR) is 61.1 cm³/mol. The van der Waals surface area contributed by atoms with Gasteiger partial charge < -0.3 is 10.6 Å². The number of carbonyl (C=O) groups excluding carboxylic acids is 1. The summed E-state index contributed by atoms with van der Waals surface area (Å²) >= 11 is 0. The molecule has 0 spiro atoms. The molecule has 0 radical (unpaired) electrons. The summed E-state index contributed by atoms with van der Waals surface area (Å²) in [5.74, 6) is 0.0682. The number of nitrogens with one attached hydrogen (secondary N) is 2. The van der Waals surface area contributed by atoms with Crippen molar-refractivity contribution in [1.82, 2.24) is 5.32 Å². The van der Waals surface area contributed by atoms with Crippen molar-refractivity contribution in [3.05, 3.63) is 28.8 Å². The second kappa shape index (κ2) is 3.66. The number of aryl methyl sites for hydroxylation is 1. The van der Waals surface area contributed by atoms with Crippen LogP contribution in [0.15, 0.2) is 12.1 Å². The highest BCUT2D eigenvalue weighted by molar-refractivity contribution is 5.98. The molecule has 1 aromatic carbocycles. The number of amides is 1. The summed E-state index contributed by atoms with van der Waals surface area (Å²) in [4.78, 5) is 11.7. The zero-order valence-corrected chi connectivity index (χ0v) is 9.35. The molecule has 0 fully saturated rings. The van der Waals surface area contributed by atoms with E-state index >= 15 is 0 Å². The van der Waals surface area contributed by atoms with Gasteiger partial charge in [-0.15, -0.1) is 0 Å². The lowest BCUT2D eigenvalue weighted by molar-refractivity contribution is -0.118. The summed E-state index contributed by atoms with van der Waals surface area (Å²) in [5, 5.41) is 5.99. The molecule has 2 N–H and O–H groups in total. The highest BCUT2D eigenvalue weighted by Gasteiger charge is 2.25. The molecule has 1 unspecified atom stereocenters. The third kappa shape index (κ3) is 1.63. The lowest BCUT2D eigenvalue weighted by Gasteiger charge is -2.26. The monoisotopic (exact) mass is 204 g/mol. The molecule has 1 amide bonds. The van der Waals surface area contributed by atoms with Crippen LogP contribution in [-0.4, -0.2) is 19.0 Å². The molecule has 80 valence electrons. The molecule has 0 saturated carbocycles. The fraction of sp³-hybridized carbons (Fsp3) is 0.417. The van der Waals surface area contributed by atoms with Crippen LogP contribution < -0.4 is 10.6 Å². The molecule has 1 aromatic rings. The van der Waals surface area contributed by atoms with Crippen LogP contribution in [0, 0.1) is 13.8 Å². The molecule has 3 nitrogen and oxygen atoms in total. The van der Waals surface area contributed by atoms with Crippen molar-refractivity contribution in [1.29, 1.82) is 0 Å². The summed E-state index contributed by atoms with van der Waals surface area (Å²) < 4.78 is 0. The molecular weight excluding hydrogens is 188 g/mol. The number of hydrogen-bond donors (Lipinski definition) is 2. The Labute approximate surface area is 89.9 Å². The Kier molecular flexibility index (Phi) is 2.49. The summed E-state index contributed by atoms with van der Waals surface area (Å²) in [7, 11) is 1.82. The molecule has 0 saturated heterocycles. The quantitative estimate of drug-likeness (QED) is 0.725. The second-order valence-electron chi connectivity index (χ2n) is 4.08. The molecule has 0 aromatic heterocycles. The fourth-order valence-electron chi connectivity index (χ4n) is 1.97. The average molecular weight is 204 g/mol. The first-order valence-electron chi connectivity index (χ1n) is 5.20. The van der Waals surface area contributed by atoms with Crippen molar-refractivity contribution in [2.45, 2.75) is 26.3 Å². The lowest BCUT2D eigenvalue weighted by Crippen LogP contribution is -2.43. The van der Waals surface area contributed by atoms with Crippen LogP contribution in [0.3, 0.4) is 0 Å². The molecule has 1 aliphatic heterocycles. The topological polar surface area (TPSA) is 41.1 Å². The van der Waals surface area contributed by atoms with Gasteiger partial charge >= 0.3 is 0 Å². The average Bonchev–Trinajstić information content (AvgIpc) is 2.24. The van der Waals surface area contributed by atoms with E-state index in [1.165, 1.54) is 16.7 Å². The van der Waals surface area contributed by atoms with Crippen LogP contribution in [0.2, 0.25) is 0 Å². The third-order valence-electron chi connectivity index (χ3n) is 3.16. The Balaban J connectivity index is 2.45. The Morgan fingerprint density at radius 3 is 2.80 bits per heavy atom. The van der Waals surface area contributed by atoms with Crippen molar-refractivity contribution >= 4 is 11.6 Å². The van der Waals surface area contributed by atoms with Gasteiger partial charge in [0.15, 0.2) is 0 Å². The summed E-state index contributed by atoms with van der Waals surface area (Å²) in [6.45, 7) is 4.11. The lowest BCUT2D eigenvalue weighted by atomic mass is 9.94. The van der Waals surface area contributed by atoms with Gasteiger partial charge in [-0.25, -0.2) is 0 Å². The van der Waals surface area contributed by atoms with Crippen LogP contribution in [0.1, 0.15) is 16.7 Å². The van der Waals surface area contributed by atoms with E-state index in [0.29, 0.717) is 0 Å². The van der Waals surface area contributed by atoms with Gasteiger partial charge in [0.1, 0.15) is 0 Å². The van der Waals surface area contributed by atoms with Crippen molar-refractivity contribution < 1.29 is 4.79 Å². The van der Waals surface area contributed by atoms with E-state index < -0.39 is 0 Å². The van der Waals surface area contributed by atoms with E-state index in [4.69, 9.17) is 0 Å². The number of fused-ring (bicyclic) bond motifs is 1. The minimum absolute atomic E-state index is 0.0682. The van der Waals surface area contributed by atoms with E-state index in [2.05, 4.69) is 29.7 Å².